The minimum absolute atomic E-state index is 0.207. The highest BCUT2D eigenvalue weighted by Gasteiger charge is 2.35. The molecular weight excluding hydrogens is 256 g/mol. The highest BCUT2D eigenvalue weighted by atomic mass is 19.1. The third-order valence-corrected chi connectivity index (χ3v) is 4.03. The van der Waals surface area contributed by atoms with Gasteiger partial charge in [0.2, 0.25) is 0 Å². The van der Waals surface area contributed by atoms with Gasteiger partial charge in [0.1, 0.15) is 11.6 Å². The van der Waals surface area contributed by atoms with Gasteiger partial charge in [0, 0.05) is 11.8 Å². The molecule has 0 aromatic heterocycles. The van der Waals surface area contributed by atoms with Crippen molar-refractivity contribution in [3.8, 4) is 0 Å². The first-order chi connectivity index (χ1) is 9.68. The molecule has 0 saturated heterocycles. The van der Waals surface area contributed by atoms with E-state index in [9.17, 15) is 8.78 Å². The quantitative estimate of drug-likeness (QED) is 0.843. The molecule has 1 nitrogen and oxygen atoms in total. The minimum atomic E-state index is -0.547. The Morgan fingerprint density at radius 3 is 2.05 bits per heavy atom. The fraction of sp³-hybridized carbons (Fsp3) is 0.294. The Kier molecular flexibility index (Phi) is 3.43. The van der Waals surface area contributed by atoms with Crippen LogP contribution in [0.15, 0.2) is 48.5 Å². The zero-order chi connectivity index (χ0) is 14.0. The third-order valence-electron chi connectivity index (χ3n) is 4.03. The van der Waals surface area contributed by atoms with E-state index in [1.807, 2.05) is 18.2 Å². The van der Waals surface area contributed by atoms with Crippen LogP contribution in [0.4, 0.5) is 14.5 Å². The van der Waals surface area contributed by atoms with Gasteiger partial charge in [-0.05, 0) is 30.5 Å². The summed E-state index contributed by atoms with van der Waals surface area (Å²) >= 11 is 0. The standard InChI is InChI=1S/C17H17F2N/c18-14-10-15(19)12-16(11-14)20-17(8-4-5-9-17)13-6-2-1-3-7-13/h1-3,6-7,10-12,20H,4-5,8-9H2. The molecule has 3 heteroatoms. The molecule has 0 radical (unpaired) electrons. The first kappa shape index (κ1) is 13.1. The summed E-state index contributed by atoms with van der Waals surface area (Å²) in [7, 11) is 0. The summed E-state index contributed by atoms with van der Waals surface area (Å²) < 4.78 is 26.7. The minimum Gasteiger partial charge on any atom is -0.375 e. The lowest BCUT2D eigenvalue weighted by Gasteiger charge is -2.32. The van der Waals surface area contributed by atoms with E-state index >= 15 is 0 Å². The molecule has 0 atom stereocenters. The summed E-state index contributed by atoms with van der Waals surface area (Å²) in [5, 5.41) is 3.37. The van der Waals surface area contributed by atoms with Crippen LogP contribution in [-0.4, -0.2) is 0 Å². The summed E-state index contributed by atoms with van der Waals surface area (Å²) in [5.41, 5.74) is 1.48. The summed E-state index contributed by atoms with van der Waals surface area (Å²) in [6.07, 6.45) is 4.21. The van der Waals surface area contributed by atoms with Crippen LogP contribution in [0.3, 0.4) is 0 Å². The van der Waals surface area contributed by atoms with Gasteiger partial charge in [0.05, 0.1) is 5.54 Å². The second-order valence-electron chi connectivity index (χ2n) is 5.44. The van der Waals surface area contributed by atoms with Crippen LogP contribution < -0.4 is 5.32 Å². The van der Waals surface area contributed by atoms with Crippen molar-refractivity contribution in [3.63, 3.8) is 0 Å². The predicted molar refractivity (Wildman–Crippen MR) is 76.6 cm³/mol. The van der Waals surface area contributed by atoms with Crippen LogP contribution in [0.2, 0.25) is 0 Å². The average Bonchev–Trinajstić information content (AvgIpc) is 2.88. The van der Waals surface area contributed by atoms with E-state index in [1.54, 1.807) is 0 Å². The van der Waals surface area contributed by atoms with Gasteiger partial charge in [0.25, 0.3) is 0 Å². The Hall–Kier alpha value is -1.90. The molecule has 0 unspecified atom stereocenters. The van der Waals surface area contributed by atoms with Gasteiger partial charge in [-0.15, -0.1) is 0 Å². The molecule has 1 fully saturated rings. The molecule has 2 aromatic carbocycles. The second-order valence-corrected chi connectivity index (χ2v) is 5.44. The highest BCUT2D eigenvalue weighted by Crippen LogP contribution is 2.41. The zero-order valence-corrected chi connectivity index (χ0v) is 11.2. The van der Waals surface area contributed by atoms with Crippen molar-refractivity contribution < 1.29 is 8.78 Å². The van der Waals surface area contributed by atoms with Gasteiger partial charge < -0.3 is 5.32 Å². The molecule has 0 bridgehead atoms. The summed E-state index contributed by atoms with van der Waals surface area (Å²) in [6, 6.07) is 13.7. The molecule has 20 heavy (non-hydrogen) atoms. The maximum atomic E-state index is 13.3. The average molecular weight is 273 g/mol. The summed E-state index contributed by atoms with van der Waals surface area (Å²) in [6.45, 7) is 0. The van der Waals surface area contributed by atoms with E-state index in [2.05, 4.69) is 17.4 Å². The summed E-state index contributed by atoms with van der Waals surface area (Å²) in [5.74, 6) is -1.09. The van der Waals surface area contributed by atoms with Gasteiger partial charge in [-0.2, -0.15) is 0 Å². The molecule has 0 spiro atoms. The number of nitrogens with one attached hydrogen (secondary N) is 1. The van der Waals surface area contributed by atoms with Crippen molar-refractivity contribution in [1.29, 1.82) is 0 Å². The lowest BCUT2D eigenvalue weighted by Crippen LogP contribution is -2.32. The van der Waals surface area contributed by atoms with Crippen molar-refractivity contribution in [2.75, 3.05) is 5.32 Å². The van der Waals surface area contributed by atoms with Crippen molar-refractivity contribution in [3.05, 3.63) is 65.7 Å². The largest absolute Gasteiger partial charge is 0.375 e. The SMILES string of the molecule is Fc1cc(F)cc(NC2(c3ccccc3)CCCC2)c1. The topological polar surface area (TPSA) is 12.0 Å². The van der Waals surface area contributed by atoms with E-state index in [0.717, 1.165) is 31.7 Å². The van der Waals surface area contributed by atoms with Crippen molar-refractivity contribution >= 4 is 5.69 Å². The molecule has 2 aromatic rings. The highest BCUT2D eigenvalue weighted by molar-refractivity contribution is 5.49. The smallest absolute Gasteiger partial charge is 0.128 e. The monoisotopic (exact) mass is 273 g/mol. The number of halogens is 2. The molecule has 0 aliphatic heterocycles. The van der Waals surface area contributed by atoms with Crippen molar-refractivity contribution in [2.45, 2.75) is 31.2 Å². The number of rotatable bonds is 3. The number of benzene rings is 2. The molecule has 1 aliphatic rings. The van der Waals surface area contributed by atoms with Crippen LogP contribution in [0.25, 0.3) is 0 Å². The van der Waals surface area contributed by atoms with E-state index < -0.39 is 11.6 Å². The maximum absolute atomic E-state index is 13.3. The number of hydrogen-bond acceptors (Lipinski definition) is 1. The molecule has 104 valence electrons. The number of anilines is 1. The molecular formula is C17H17F2N. The predicted octanol–water partition coefficient (Wildman–Crippen LogP) is 4.85. The Bertz CT molecular complexity index is 569. The molecule has 3 rings (SSSR count). The second kappa shape index (κ2) is 5.23. The van der Waals surface area contributed by atoms with Gasteiger partial charge >= 0.3 is 0 Å². The van der Waals surface area contributed by atoms with Gasteiger partial charge in [-0.25, -0.2) is 8.78 Å². The van der Waals surface area contributed by atoms with E-state index in [4.69, 9.17) is 0 Å². The van der Waals surface area contributed by atoms with E-state index in [1.165, 1.54) is 17.7 Å². The first-order valence-corrected chi connectivity index (χ1v) is 6.98. The summed E-state index contributed by atoms with van der Waals surface area (Å²) in [4.78, 5) is 0. The van der Waals surface area contributed by atoms with E-state index in [0.29, 0.717) is 5.69 Å². The van der Waals surface area contributed by atoms with Crippen LogP contribution in [0.5, 0.6) is 0 Å². The van der Waals surface area contributed by atoms with Crippen LogP contribution in [0.1, 0.15) is 31.2 Å². The Labute approximate surface area is 117 Å². The van der Waals surface area contributed by atoms with Crippen molar-refractivity contribution in [1.82, 2.24) is 0 Å². The molecule has 1 N–H and O–H groups in total. The Balaban J connectivity index is 1.96. The Morgan fingerprint density at radius 2 is 1.45 bits per heavy atom. The van der Waals surface area contributed by atoms with Crippen LogP contribution in [0, 0.1) is 11.6 Å². The fourth-order valence-corrected chi connectivity index (χ4v) is 3.12. The lowest BCUT2D eigenvalue weighted by molar-refractivity contribution is 0.506. The Morgan fingerprint density at radius 1 is 0.850 bits per heavy atom. The zero-order valence-electron chi connectivity index (χ0n) is 11.2. The van der Waals surface area contributed by atoms with Crippen LogP contribution in [-0.2, 0) is 5.54 Å². The third kappa shape index (κ3) is 2.53. The molecule has 1 saturated carbocycles. The number of hydrogen-bond donors (Lipinski definition) is 1. The molecule has 0 heterocycles. The fourth-order valence-electron chi connectivity index (χ4n) is 3.12. The van der Waals surface area contributed by atoms with Crippen LogP contribution >= 0.6 is 0 Å². The molecule has 1 aliphatic carbocycles. The van der Waals surface area contributed by atoms with Gasteiger partial charge in [-0.3, -0.25) is 0 Å². The van der Waals surface area contributed by atoms with Crippen molar-refractivity contribution in [2.24, 2.45) is 0 Å². The van der Waals surface area contributed by atoms with Gasteiger partial charge in [0.15, 0.2) is 0 Å². The lowest BCUT2D eigenvalue weighted by atomic mass is 9.88. The first-order valence-electron chi connectivity index (χ1n) is 6.98. The molecule has 0 amide bonds. The van der Waals surface area contributed by atoms with E-state index in [-0.39, 0.29) is 5.54 Å². The van der Waals surface area contributed by atoms with Gasteiger partial charge in [-0.1, -0.05) is 43.2 Å². The normalized spacial score (nSPS) is 17.1. The maximum Gasteiger partial charge on any atom is 0.128 e.